The first kappa shape index (κ1) is 11.6. The highest BCUT2D eigenvalue weighted by Gasteiger charge is 2.38. The van der Waals surface area contributed by atoms with Crippen LogP contribution in [0.1, 0.15) is 24.5 Å². The topological polar surface area (TPSA) is 38.0 Å². The van der Waals surface area contributed by atoms with E-state index in [1.54, 1.807) is 6.07 Å². The van der Waals surface area contributed by atoms with Crippen molar-refractivity contribution in [3.8, 4) is 0 Å². The van der Waals surface area contributed by atoms with Gasteiger partial charge in [0.15, 0.2) is 0 Å². The Bertz CT molecular complexity index is 378. The van der Waals surface area contributed by atoms with Crippen molar-refractivity contribution in [3.63, 3.8) is 0 Å². The van der Waals surface area contributed by atoms with Crippen LogP contribution in [-0.2, 0) is 6.42 Å². The van der Waals surface area contributed by atoms with Gasteiger partial charge >= 0.3 is 0 Å². The van der Waals surface area contributed by atoms with Crippen molar-refractivity contribution in [2.24, 2.45) is 17.7 Å². The predicted molar refractivity (Wildman–Crippen MR) is 63.2 cm³/mol. The molecule has 0 heterocycles. The summed E-state index contributed by atoms with van der Waals surface area (Å²) in [5.74, 6) is 6.79. The lowest BCUT2D eigenvalue weighted by molar-refractivity contribution is 0.452. The molecule has 1 aromatic carbocycles. The molecule has 0 aliphatic heterocycles. The van der Waals surface area contributed by atoms with Crippen LogP contribution in [0.4, 0.5) is 4.39 Å². The highest BCUT2D eigenvalue weighted by molar-refractivity contribution is 5.27. The number of nitrogens with one attached hydrogen (secondary N) is 1. The summed E-state index contributed by atoms with van der Waals surface area (Å²) in [5.41, 5.74) is 5.06. The van der Waals surface area contributed by atoms with E-state index in [1.807, 2.05) is 13.0 Å². The maximum atomic E-state index is 13.1. The van der Waals surface area contributed by atoms with Gasteiger partial charge in [-0.3, -0.25) is 11.3 Å². The molecule has 3 unspecified atom stereocenters. The summed E-state index contributed by atoms with van der Waals surface area (Å²) < 4.78 is 13.1. The molecular weight excluding hydrogens is 203 g/mol. The molecule has 0 radical (unpaired) electrons. The minimum Gasteiger partial charge on any atom is -0.271 e. The fourth-order valence-electron chi connectivity index (χ4n) is 2.34. The molecule has 3 atom stereocenters. The standard InChI is InChI=1S/C13H19FN2/c1-8-3-4-11(14)6-10(8)7-13(16-15)12-5-9(12)2/h3-4,6,9,12-13,16H,5,7,15H2,1-2H3. The van der Waals surface area contributed by atoms with Crippen LogP contribution >= 0.6 is 0 Å². The predicted octanol–water partition coefficient (Wildman–Crippen LogP) is 2.16. The largest absolute Gasteiger partial charge is 0.271 e. The fourth-order valence-corrected chi connectivity index (χ4v) is 2.34. The first-order valence-corrected chi connectivity index (χ1v) is 5.83. The second-order valence-corrected chi connectivity index (χ2v) is 4.92. The zero-order valence-corrected chi connectivity index (χ0v) is 9.83. The number of hydrazine groups is 1. The van der Waals surface area contributed by atoms with E-state index in [0.717, 1.165) is 23.5 Å². The molecule has 0 saturated heterocycles. The molecule has 0 spiro atoms. The van der Waals surface area contributed by atoms with Crippen LogP contribution in [0.25, 0.3) is 0 Å². The van der Waals surface area contributed by atoms with E-state index in [0.29, 0.717) is 5.92 Å². The Hall–Kier alpha value is -0.930. The second kappa shape index (κ2) is 4.52. The molecular formula is C13H19FN2. The van der Waals surface area contributed by atoms with Crippen molar-refractivity contribution in [3.05, 3.63) is 35.1 Å². The van der Waals surface area contributed by atoms with Gasteiger partial charge < -0.3 is 0 Å². The maximum Gasteiger partial charge on any atom is 0.123 e. The molecule has 0 amide bonds. The second-order valence-electron chi connectivity index (χ2n) is 4.92. The molecule has 1 aromatic rings. The lowest BCUT2D eigenvalue weighted by atomic mass is 9.98. The number of nitrogens with two attached hydrogens (primary N) is 1. The van der Waals surface area contributed by atoms with Crippen LogP contribution in [0.2, 0.25) is 0 Å². The van der Waals surface area contributed by atoms with E-state index < -0.39 is 0 Å². The first-order valence-electron chi connectivity index (χ1n) is 5.83. The summed E-state index contributed by atoms with van der Waals surface area (Å²) in [6.07, 6.45) is 2.04. The zero-order chi connectivity index (χ0) is 11.7. The Balaban J connectivity index is 2.09. The van der Waals surface area contributed by atoms with E-state index in [-0.39, 0.29) is 11.9 Å². The molecule has 1 aliphatic rings. The van der Waals surface area contributed by atoms with Gasteiger partial charge in [-0.2, -0.15) is 0 Å². The summed E-state index contributed by atoms with van der Waals surface area (Å²) in [7, 11) is 0. The van der Waals surface area contributed by atoms with Gasteiger partial charge in [-0.05, 0) is 54.9 Å². The van der Waals surface area contributed by atoms with Crippen molar-refractivity contribution in [1.29, 1.82) is 0 Å². The van der Waals surface area contributed by atoms with Gasteiger partial charge in [0.1, 0.15) is 5.82 Å². The van der Waals surface area contributed by atoms with Crippen molar-refractivity contribution in [1.82, 2.24) is 5.43 Å². The number of hydrogen-bond acceptors (Lipinski definition) is 2. The Morgan fingerprint density at radius 1 is 1.56 bits per heavy atom. The van der Waals surface area contributed by atoms with Crippen LogP contribution < -0.4 is 11.3 Å². The number of aryl methyl sites for hydroxylation is 1. The molecule has 3 heteroatoms. The third-order valence-electron chi connectivity index (χ3n) is 3.65. The molecule has 0 aromatic heterocycles. The summed E-state index contributed by atoms with van der Waals surface area (Å²) in [6.45, 7) is 4.24. The Labute approximate surface area is 96.0 Å². The van der Waals surface area contributed by atoms with Gasteiger partial charge in [-0.1, -0.05) is 13.0 Å². The van der Waals surface area contributed by atoms with Gasteiger partial charge in [-0.25, -0.2) is 4.39 Å². The Kier molecular flexibility index (Phi) is 3.26. The molecule has 1 saturated carbocycles. The highest BCUT2D eigenvalue weighted by Crippen LogP contribution is 2.41. The third-order valence-corrected chi connectivity index (χ3v) is 3.65. The molecule has 2 nitrogen and oxygen atoms in total. The molecule has 1 aliphatic carbocycles. The van der Waals surface area contributed by atoms with E-state index in [9.17, 15) is 4.39 Å². The fraction of sp³-hybridized carbons (Fsp3) is 0.538. The minimum absolute atomic E-state index is 0.166. The van der Waals surface area contributed by atoms with Gasteiger partial charge in [0.25, 0.3) is 0 Å². The van der Waals surface area contributed by atoms with Crippen LogP contribution in [0.5, 0.6) is 0 Å². The van der Waals surface area contributed by atoms with Crippen molar-refractivity contribution >= 4 is 0 Å². The number of halogens is 1. The van der Waals surface area contributed by atoms with Crippen LogP contribution in [-0.4, -0.2) is 6.04 Å². The van der Waals surface area contributed by atoms with E-state index >= 15 is 0 Å². The molecule has 88 valence electrons. The lowest BCUT2D eigenvalue weighted by Crippen LogP contribution is -2.39. The molecule has 1 fully saturated rings. The highest BCUT2D eigenvalue weighted by atomic mass is 19.1. The van der Waals surface area contributed by atoms with Crippen LogP contribution in [0.15, 0.2) is 18.2 Å². The maximum absolute atomic E-state index is 13.1. The normalized spacial score (nSPS) is 25.5. The van der Waals surface area contributed by atoms with Gasteiger partial charge in [0.2, 0.25) is 0 Å². The lowest BCUT2D eigenvalue weighted by Gasteiger charge is -2.17. The summed E-state index contributed by atoms with van der Waals surface area (Å²) in [4.78, 5) is 0. The van der Waals surface area contributed by atoms with E-state index in [4.69, 9.17) is 5.84 Å². The van der Waals surface area contributed by atoms with Crippen molar-refractivity contribution < 1.29 is 4.39 Å². The zero-order valence-electron chi connectivity index (χ0n) is 9.83. The van der Waals surface area contributed by atoms with Crippen LogP contribution in [0.3, 0.4) is 0 Å². The minimum atomic E-state index is -0.166. The van der Waals surface area contributed by atoms with Crippen molar-refractivity contribution in [2.75, 3.05) is 0 Å². The van der Waals surface area contributed by atoms with E-state index in [1.165, 1.54) is 12.5 Å². The summed E-state index contributed by atoms with van der Waals surface area (Å²) >= 11 is 0. The average molecular weight is 222 g/mol. The molecule has 16 heavy (non-hydrogen) atoms. The quantitative estimate of drug-likeness (QED) is 0.605. The number of hydrogen-bond donors (Lipinski definition) is 2. The van der Waals surface area contributed by atoms with Gasteiger partial charge in [0.05, 0.1) is 0 Å². The van der Waals surface area contributed by atoms with Gasteiger partial charge in [0, 0.05) is 6.04 Å². The van der Waals surface area contributed by atoms with Gasteiger partial charge in [-0.15, -0.1) is 0 Å². The third kappa shape index (κ3) is 2.42. The van der Waals surface area contributed by atoms with Crippen molar-refractivity contribution in [2.45, 2.75) is 32.7 Å². The molecule has 3 N–H and O–H groups in total. The Morgan fingerprint density at radius 2 is 2.25 bits per heavy atom. The average Bonchev–Trinajstić information content (AvgIpc) is 2.97. The molecule has 0 bridgehead atoms. The Morgan fingerprint density at radius 3 is 2.81 bits per heavy atom. The van der Waals surface area contributed by atoms with Crippen LogP contribution in [0, 0.1) is 24.6 Å². The SMILES string of the molecule is Cc1ccc(F)cc1CC(NN)C1CC1C. The summed E-state index contributed by atoms with van der Waals surface area (Å²) in [6, 6.07) is 5.22. The monoisotopic (exact) mass is 222 g/mol. The molecule has 2 rings (SSSR count). The number of rotatable bonds is 4. The summed E-state index contributed by atoms with van der Waals surface area (Å²) in [5, 5.41) is 0. The first-order chi connectivity index (χ1) is 7.61. The number of benzene rings is 1. The smallest absolute Gasteiger partial charge is 0.123 e. The van der Waals surface area contributed by atoms with E-state index in [2.05, 4.69) is 12.3 Å².